The van der Waals surface area contributed by atoms with Gasteiger partial charge in [-0.15, -0.1) is 11.3 Å². The fraction of sp³-hybridized carbons (Fsp3) is 0.370. The molecular weight excluding hydrogens is 430 g/mol. The number of hydrogen-bond acceptors (Lipinski definition) is 4. The van der Waals surface area contributed by atoms with Gasteiger partial charge in [-0.05, 0) is 80.3 Å². The minimum absolute atomic E-state index is 0.262. The number of fused-ring (bicyclic) bond motifs is 1. The SMILES string of the molecule is Cc1cc(C=Nc2sc3c(c2C#N)CC[C@H](C(C)(C)C)C3)c(C)n1-c1ccc(C(=O)O)cc1. The number of benzene rings is 1. The van der Waals surface area contributed by atoms with Crippen LogP contribution in [0.25, 0.3) is 5.69 Å². The van der Waals surface area contributed by atoms with Crippen LogP contribution < -0.4 is 0 Å². The van der Waals surface area contributed by atoms with Gasteiger partial charge >= 0.3 is 5.97 Å². The molecule has 2 aromatic heterocycles. The zero-order chi connectivity index (χ0) is 23.9. The fourth-order valence-electron chi connectivity index (χ4n) is 4.71. The molecule has 0 spiro atoms. The van der Waals surface area contributed by atoms with E-state index < -0.39 is 5.97 Å². The molecule has 0 radical (unpaired) electrons. The third-order valence-corrected chi connectivity index (χ3v) is 7.91. The van der Waals surface area contributed by atoms with Gasteiger partial charge in [0.05, 0.1) is 11.1 Å². The number of rotatable bonds is 4. The van der Waals surface area contributed by atoms with Crippen LogP contribution in [0.2, 0.25) is 0 Å². The number of thiophene rings is 1. The Kier molecular flexibility index (Phi) is 6.02. The normalized spacial score (nSPS) is 16.1. The average Bonchev–Trinajstić information content (AvgIpc) is 3.26. The number of aromatic carboxylic acids is 1. The maximum Gasteiger partial charge on any atom is 0.335 e. The highest BCUT2D eigenvalue weighted by molar-refractivity contribution is 7.16. The molecule has 0 bridgehead atoms. The van der Waals surface area contributed by atoms with E-state index in [1.54, 1.807) is 23.5 Å². The van der Waals surface area contributed by atoms with Crippen molar-refractivity contribution in [3.63, 3.8) is 0 Å². The third kappa shape index (κ3) is 4.38. The summed E-state index contributed by atoms with van der Waals surface area (Å²) in [7, 11) is 0. The number of carboxylic acids is 1. The van der Waals surface area contributed by atoms with Crippen molar-refractivity contribution in [1.29, 1.82) is 5.26 Å². The maximum absolute atomic E-state index is 11.2. The molecule has 1 aliphatic carbocycles. The van der Waals surface area contributed by atoms with Crippen LogP contribution in [-0.4, -0.2) is 21.9 Å². The molecule has 4 rings (SSSR count). The third-order valence-electron chi connectivity index (χ3n) is 6.75. The number of carbonyl (C=O) groups is 1. The molecule has 5 nitrogen and oxygen atoms in total. The van der Waals surface area contributed by atoms with E-state index in [4.69, 9.17) is 10.1 Å². The largest absolute Gasteiger partial charge is 0.478 e. The van der Waals surface area contributed by atoms with E-state index in [-0.39, 0.29) is 11.0 Å². The standard InChI is InChI=1S/C27H29N3O2S/c1-16-12-19(17(2)30(16)21-9-6-18(7-10-21)26(31)32)15-29-25-23(14-28)22-11-8-20(27(3,4)5)13-24(22)33-25/h6-7,9-10,12,15,20H,8,11,13H2,1-5H3,(H,31,32)/t20-/m0/s1. The second-order valence-corrected chi connectivity index (χ2v) is 11.0. The maximum atomic E-state index is 11.2. The molecule has 33 heavy (non-hydrogen) atoms. The summed E-state index contributed by atoms with van der Waals surface area (Å²) in [6.45, 7) is 10.9. The van der Waals surface area contributed by atoms with E-state index in [1.807, 2.05) is 32.2 Å². The van der Waals surface area contributed by atoms with E-state index in [1.165, 1.54) is 10.4 Å². The van der Waals surface area contributed by atoms with E-state index in [0.29, 0.717) is 5.92 Å². The van der Waals surface area contributed by atoms with Gasteiger partial charge in [0.15, 0.2) is 0 Å². The summed E-state index contributed by atoms with van der Waals surface area (Å²) < 4.78 is 2.09. The summed E-state index contributed by atoms with van der Waals surface area (Å²) in [5.41, 5.74) is 6.41. The number of nitrogens with zero attached hydrogens (tertiary/aromatic N) is 3. The Balaban J connectivity index is 1.64. The summed E-state index contributed by atoms with van der Waals surface area (Å²) in [5, 5.41) is 19.8. The highest BCUT2D eigenvalue weighted by Gasteiger charge is 2.32. The van der Waals surface area contributed by atoms with Gasteiger partial charge in [0.25, 0.3) is 0 Å². The molecule has 0 fully saturated rings. The molecule has 170 valence electrons. The van der Waals surface area contributed by atoms with Crippen molar-refractivity contribution < 1.29 is 9.90 Å². The Morgan fingerprint density at radius 1 is 1.27 bits per heavy atom. The van der Waals surface area contributed by atoms with Gasteiger partial charge in [0.2, 0.25) is 0 Å². The van der Waals surface area contributed by atoms with Crippen LogP contribution in [0, 0.1) is 36.5 Å². The first kappa shape index (κ1) is 23.0. The van der Waals surface area contributed by atoms with Gasteiger partial charge in [0, 0.05) is 33.7 Å². The zero-order valence-electron chi connectivity index (χ0n) is 19.8. The van der Waals surface area contributed by atoms with Gasteiger partial charge in [-0.1, -0.05) is 20.8 Å². The summed E-state index contributed by atoms with van der Waals surface area (Å²) in [6.07, 6.45) is 4.94. The van der Waals surface area contributed by atoms with Crippen molar-refractivity contribution in [3.8, 4) is 11.8 Å². The quantitative estimate of drug-likeness (QED) is 0.445. The monoisotopic (exact) mass is 459 g/mol. The molecule has 1 N–H and O–H groups in total. The zero-order valence-corrected chi connectivity index (χ0v) is 20.6. The van der Waals surface area contributed by atoms with Gasteiger partial charge in [-0.25, -0.2) is 9.79 Å². The number of nitriles is 1. The summed E-state index contributed by atoms with van der Waals surface area (Å²) >= 11 is 1.66. The number of hydrogen-bond donors (Lipinski definition) is 1. The van der Waals surface area contributed by atoms with E-state index in [0.717, 1.165) is 52.5 Å². The van der Waals surface area contributed by atoms with Crippen molar-refractivity contribution in [2.45, 2.75) is 53.9 Å². The van der Waals surface area contributed by atoms with Crippen LogP contribution in [-0.2, 0) is 12.8 Å². The second kappa shape index (κ2) is 8.64. The lowest BCUT2D eigenvalue weighted by molar-refractivity contribution is 0.0697. The predicted molar refractivity (Wildman–Crippen MR) is 133 cm³/mol. The molecule has 1 aliphatic rings. The van der Waals surface area contributed by atoms with Crippen molar-refractivity contribution in [3.05, 3.63) is 68.9 Å². The first-order valence-electron chi connectivity index (χ1n) is 11.2. The van der Waals surface area contributed by atoms with Crippen LogP contribution in [0.5, 0.6) is 0 Å². The molecule has 0 saturated heterocycles. The number of aromatic nitrogens is 1. The molecule has 0 amide bonds. The van der Waals surface area contributed by atoms with Crippen molar-refractivity contribution in [1.82, 2.24) is 4.57 Å². The van der Waals surface area contributed by atoms with Crippen molar-refractivity contribution in [2.24, 2.45) is 16.3 Å². The van der Waals surface area contributed by atoms with E-state index in [9.17, 15) is 10.1 Å². The van der Waals surface area contributed by atoms with Crippen LogP contribution >= 0.6 is 11.3 Å². The smallest absolute Gasteiger partial charge is 0.335 e. The molecule has 0 aliphatic heterocycles. The number of aliphatic imine (C=N–C) groups is 1. The Morgan fingerprint density at radius 2 is 1.97 bits per heavy atom. The van der Waals surface area contributed by atoms with Crippen LogP contribution in [0.4, 0.5) is 5.00 Å². The lowest BCUT2D eigenvalue weighted by atomic mass is 9.72. The van der Waals surface area contributed by atoms with Crippen LogP contribution in [0.1, 0.15) is 70.5 Å². The van der Waals surface area contributed by atoms with E-state index >= 15 is 0 Å². The second-order valence-electron chi connectivity index (χ2n) is 9.87. The Hall–Kier alpha value is -3.17. The molecule has 0 saturated carbocycles. The minimum atomic E-state index is -0.934. The van der Waals surface area contributed by atoms with Gasteiger partial charge < -0.3 is 9.67 Å². The van der Waals surface area contributed by atoms with E-state index in [2.05, 4.69) is 37.5 Å². The van der Waals surface area contributed by atoms with Crippen LogP contribution in [0.3, 0.4) is 0 Å². The Bertz CT molecular complexity index is 1280. The number of carboxylic acid groups (broad SMARTS) is 1. The first-order chi connectivity index (χ1) is 15.6. The van der Waals surface area contributed by atoms with Crippen molar-refractivity contribution in [2.75, 3.05) is 0 Å². The van der Waals surface area contributed by atoms with Gasteiger partial charge in [0.1, 0.15) is 11.1 Å². The first-order valence-corrected chi connectivity index (χ1v) is 12.0. The highest BCUT2D eigenvalue weighted by Crippen LogP contribution is 2.44. The fourth-order valence-corrected chi connectivity index (χ4v) is 5.94. The minimum Gasteiger partial charge on any atom is -0.478 e. The van der Waals surface area contributed by atoms with Gasteiger partial charge in [-0.3, -0.25) is 0 Å². The lowest BCUT2D eigenvalue weighted by Crippen LogP contribution is -2.26. The topological polar surface area (TPSA) is 78.4 Å². The van der Waals surface area contributed by atoms with Crippen LogP contribution in [0.15, 0.2) is 35.3 Å². The average molecular weight is 460 g/mol. The predicted octanol–water partition coefficient (Wildman–Crippen LogP) is 6.63. The summed E-state index contributed by atoms with van der Waals surface area (Å²) in [6, 6.07) is 11.3. The highest BCUT2D eigenvalue weighted by atomic mass is 32.1. The Morgan fingerprint density at radius 3 is 2.58 bits per heavy atom. The van der Waals surface area contributed by atoms with Gasteiger partial charge in [-0.2, -0.15) is 5.26 Å². The molecule has 0 unspecified atom stereocenters. The molecule has 1 atom stereocenters. The Labute approximate surface area is 199 Å². The lowest BCUT2D eigenvalue weighted by Gasteiger charge is -2.33. The van der Waals surface area contributed by atoms with Crippen molar-refractivity contribution >= 4 is 28.5 Å². The molecule has 6 heteroatoms. The molecule has 2 heterocycles. The molecule has 1 aromatic carbocycles. The molecule has 3 aromatic rings. The molecular formula is C27H29N3O2S. The summed E-state index contributed by atoms with van der Waals surface area (Å²) in [4.78, 5) is 17.2. The number of aryl methyl sites for hydroxylation is 1. The summed E-state index contributed by atoms with van der Waals surface area (Å²) in [5.74, 6) is -0.311.